The first-order chi connectivity index (χ1) is 13.1. The van der Waals surface area contributed by atoms with Gasteiger partial charge >= 0.3 is 0 Å². The SMILES string of the molecule is CSc1ccc([C@@H](C)NC(=O)CN(Cc2ccc(Cl)c(Cl)c2)S(C)(=O)=O)cc1. The van der Waals surface area contributed by atoms with Crippen molar-refractivity contribution in [1.82, 2.24) is 9.62 Å². The van der Waals surface area contributed by atoms with Crippen LogP contribution in [0.3, 0.4) is 0 Å². The van der Waals surface area contributed by atoms with Crippen LogP contribution in [-0.2, 0) is 21.4 Å². The minimum atomic E-state index is -3.60. The number of carbonyl (C=O) groups excluding carboxylic acids is 1. The average molecular weight is 461 g/mol. The lowest BCUT2D eigenvalue weighted by molar-refractivity contribution is -0.122. The number of carbonyl (C=O) groups is 1. The maximum atomic E-state index is 12.4. The third-order valence-corrected chi connectivity index (χ3v) is 6.80. The second kappa shape index (κ2) is 9.98. The van der Waals surface area contributed by atoms with E-state index in [1.807, 2.05) is 37.4 Å². The fourth-order valence-corrected chi connectivity index (χ4v) is 4.02. The van der Waals surface area contributed by atoms with Gasteiger partial charge in [0.15, 0.2) is 0 Å². The molecule has 2 aromatic carbocycles. The lowest BCUT2D eigenvalue weighted by Gasteiger charge is -2.21. The molecule has 28 heavy (non-hydrogen) atoms. The molecular formula is C19H22Cl2N2O3S2. The third kappa shape index (κ3) is 6.67. The Bertz CT molecular complexity index is 935. The van der Waals surface area contributed by atoms with Gasteiger partial charge in [-0.3, -0.25) is 4.79 Å². The molecular weight excluding hydrogens is 439 g/mol. The van der Waals surface area contributed by atoms with Crippen LogP contribution in [0.2, 0.25) is 10.0 Å². The normalized spacial score (nSPS) is 12.8. The molecule has 0 aliphatic carbocycles. The van der Waals surface area contributed by atoms with Gasteiger partial charge in [0.05, 0.1) is 28.9 Å². The maximum Gasteiger partial charge on any atom is 0.235 e. The molecule has 9 heteroatoms. The van der Waals surface area contributed by atoms with Crippen LogP contribution in [0.5, 0.6) is 0 Å². The summed E-state index contributed by atoms with van der Waals surface area (Å²) in [6.45, 7) is 1.60. The molecule has 0 aliphatic heterocycles. The van der Waals surface area contributed by atoms with E-state index in [1.165, 1.54) is 0 Å². The molecule has 0 aliphatic rings. The summed E-state index contributed by atoms with van der Waals surface area (Å²) in [4.78, 5) is 13.6. The summed E-state index contributed by atoms with van der Waals surface area (Å²) in [5.74, 6) is -0.382. The number of sulfonamides is 1. The molecule has 0 saturated carbocycles. The molecule has 0 aromatic heterocycles. The summed E-state index contributed by atoms with van der Waals surface area (Å²) in [5, 5.41) is 3.56. The molecule has 1 atom stereocenters. The highest BCUT2D eigenvalue weighted by molar-refractivity contribution is 7.98. The zero-order valence-electron chi connectivity index (χ0n) is 15.8. The molecule has 5 nitrogen and oxygen atoms in total. The Morgan fingerprint density at radius 3 is 2.32 bits per heavy atom. The first kappa shape index (κ1) is 23.0. The lowest BCUT2D eigenvalue weighted by atomic mass is 10.1. The zero-order chi connectivity index (χ0) is 20.9. The van der Waals surface area contributed by atoms with Crippen LogP contribution < -0.4 is 5.32 Å². The Morgan fingerprint density at radius 1 is 1.14 bits per heavy atom. The summed E-state index contributed by atoms with van der Waals surface area (Å²) < 4.78 is 25.4. The van der Waals surface area contributed by atoms with Crippen LogP contribution in [0.1, 0.15) is 24.1 Å². The first-order valence-corrected chi connectivity index (χ1v) is 12.3. The summed E-state index contributed by atoms with van der Waals surface area (Å²) in [5.41, 5.74) is 1.59. The topological polar surface area (TPSA) is 66.5 Å². The lowest BCUT2D eigenvalue weighted by Crippen LogP contribution is -2.40. The molecule has 1 N–H and O–H groups in total. The number of hydrogen-bond acceptors (Lipinski definition) is 4. The number of thioether (sulfide) groups is 1. The average Bonchev–Trinajstić information content (AvgIpc) is 2.63. The monoisotopic (exact) mass is 460 g/mol. The third-order valence-electron chi connectivity index (χ3n) is 4.13. The fourth-order valence-electron chi connectivity index (χ4n) is 2.56. The Hall–Kier alpha value is -1.25. The van der Waals surface area contributed by atoms with E-state index in [-0.39, 0.29) is 25.0 Å². The molecule has 152 valence electrons. The molecule has 1 amide bonds. The molecule has 0 bridgehead atoms. The summed E-state index contributed by atoms with van der Waals surface area (Å²) in [6, 6.07) is 12.5. The minimum Gasteiger partial charge on any atom is -0.348 e. The van der Waals surface area contributed by atoms with Gasteiger partial charge in [-0.05, 0) is 48.6 Å². The van der Waals surface area contributed by atoms with Gasteiger partial charge in [-0.2, -0.15) is 4.31 Å². The van der Waals surface area contributed by atoms with E-state index < -0.39 is 10.0 Å². The zero-order valence-corrected chi connectivity index (χ0v) is 18.9. The van der Waals surface area contributed by atoms with Crippen molar-refractivity contribution in [2.45, 2.75) is 24.4 Å². The highest BCUT2D eigenvalue weighted by Crippen LogP contribution is 2.24. The summed E-state index contributed by atoms with van der Waals surface area (Å²) in [7, 11) is -3.60. The number of halogens is 2. The van der Waals surface area contributed by atoms with Crippen LogP contribution in [0.15, 0.2) is 47.4 Å². The van der Waals surface area contributed by atoms with Crippen molar-refractivity contribution in [2.24, 2.45) is 0 Å². The van der Waals surface area contributed by atoms with E-state index in [0.717, 1.165) is 21.0 Å². The van der Waals surface area contributed by atoms with Crippen LogP contribution in [-0.4, -0.2) is 37.7 Å². The van der Waals surface area contributed by atoms with Crippen LogP contribution in [0, 0.1) is 0 Å². The fraction of sp³-hybridized carbons (Fsp3) is 0.316. The van der Waals surface area contributed by atoms with Gasteiger partial charge in [-0.15, -0.1) is 11.8 Å². The molecule has 0 saturated heterocycles. The van der Waals surface area contributed by atoms with E-state index in [1.54, 1.807) is 30.0 Å². The van der Waals surface area contributed by atoms with Gasteiger partial charge < -0.3 is 5.32 Å². The predicted octanol–water partition coefficient (Wildman–Crippen LogP) is 4.35. The highest BCUT2D eigenvalue weighted by Gasteiger charge is 2.22. The van der Waals surface area contributed by atoms with Crippen LogP contribution in [0.25, 0.3) is 0 Å². The van der Waals surface area contributed by atoms with E-state index >= 15 is 0 Å². The van der Waals surface area contributed by atoms with Gasteiger partial charge in [0, 0.05) is 11.4 Å². The number of nitrogens with zero attached hydrogens (tertiary/aromatic N) is 1. The van der Waals surface area contributed by atoms with Crippen molar-refractivity contribution < 1.29 is 13.2 Å². The number of benzene rings is 2. The highest BCUT2D eigenvalue weighted by atomic mass is 35.5. The second-order valence-corrected chi connectivity index (χ2v) is 10.0. The van der Waals surface area contributed by atoms with Crippen LogP contribution >= 0.6 is 35.0 Å². The van der Waals surface area contributed by atoms with Gasteiger partial charge in [-0.25, -0.2) is 8.42 Å². The van der Waals surface area contributed by atoms with Gasteiger partial charge in [-0.1, -0.05) is 41.4 Å². The van der Waals surface area contributed by atoms with Crippen molar-refractivity contribution in [1.29, 1.82) is 0 Å². The quantitative estimate of drug-likeness (QED) is 0.594. The Labute approximate surface area is 180 Å². The minimum absolute atomic E-state index is 0.0277. The second-order valence-electron chi connectivity index (χ2n) is 6.34. The Balaban J connectivity index is 2.06. The molecule has 0 unspecified atom stereocenters. The van der Waals surface area contributed by atoms with Gasteiger partial charge in [0.2, 0.25) is 15.9 Å². The number of rotatable bonds is 8. The first-order valence-electron chi connectivity index (χ1n) is 8.42. The summed E-state index contributed by atoms with van der Waals surface area (Å²) >= 11 is 13.5. The predicted molar refractivity (Wildman–Crippen MR) is 116 cm³/mol. The molecule has 0 spiro atoms. The smallest absolute Gasteiger partial charge is 0.235 e. The van der Waals surface area contributed by atoms with E-state index in [0.29, 0.717) is 15.6 Å². The van der Waals surface area contributed by atoms with Crippen molar-refractivity contribution >= 4 is 50.9 Å². The standard InChI is InChI=1S/C19H22Cl2N2O3S2/c1-13(15-5-7-16(27-2)8-6-15)22-19(24)12-23(28(3,25)26)11-14-4-9-17(20)18(21)10-14/h4-10,13H,11-12H2,1-3H3,(H,22,24)/t13-/m1/s1. The molecule has 2 aromatic rings. The number of amides is 1. The van der Waals surface area contributed by atoms with Crippen LogP contribution in [0.4, 0.5) is 0 Å². The number of nitrogens with one attached hydrogen (secondary N) is 1. The molecule has 0 heterocycles. The van der Waals surface area contributed by atoms with Crippen molar-refractivity contribution in [2.75, 3.05) is 19.1 Å². The van der Waals surface area contributed by atoms with E-state index in [9.17, 15) is 13.2 Å². The van der Waals surface area contributed by atoms with E-state index in [2.05, 4.69) is 5.32 Å². The maximum absolute atomic E-state index is 12.4. The Morgan fingerprint density at radius 2 is 1.79 bits per heavy atom. The van der Waals surface area contributed by atoms with Crippen molar-refractivity contribution in [3.8, 4) is 0 Å². The Kier molecular flexibility index (Phi) is 8.21. The van der Waals surface area contributed by atoms with Gasteiger partial charge in [0.25, 0.3) is 0 Å². The molecule has 0 fully saturated rings. The molecule has 2 rings (SSSR count). The largest absolute Gasteiger partial charge is 0.348 e. The van der Waals surface area contributed by atoms with Crippen molar-refractivity contribution in [3.63, 3.8) is 0 Å². The van der Waals surface area contributed by atoms with Gasteiger partial charge in [0.1, 0.15) is 0 Å². The summed E-state index contributed by atoms with van der Waals surface area (Å²) in [6.07, 6.45) is 3.07. The van der Waals surface area contributed by atoms with Crippen molar-refractivity contribution in [3.05, 3.63) is 63.6 Å². The number of hydrogen-bond donors (Lipinski definition) is 1. The molecule has 0 radical (unpaired) electrons. The van der Waals surface area contributed by atoms with E-state index in [4.69, 9.17) is 23.2 Å².